The number of fused-ring (bicyclic) bond motifs is 1. The van der Waals surface area contributed by atoms with Gasteiger partial charge in [0.2, 0.25) is 0 Å². The summed E-state index contributed by atoms with van der Waals surface area (Å²) in [4.78, 5) is 12.3. The fourth-order valence-electron chi connectivity index (χ4n) is 2.61. The third-order valence-electron chi connectivity index (χ3n) is 3.73. The van der Waals surface area contributed by atoms with Crippen molar-refractivity contribution >= 4 is 39.9 Å². The summed E-state index contributed by atoms with van der Waals surface area (Å²) in [5, 5.41) is 6.62. The molecule has 6 heteroatoms. The van der Waals surface area contributed by atoms with Gasteiger partial charge in [0.05, 0.1) is 12.1 Å². The molecule has 24 heavy (non-hydrogen) atoms. The van der Waals surface area contributed by atoms with E-state index in [9.17, 15) is 4.79 Å². The van der Waals surface area contributed by atoms with Crippen molar-refractivity contribution in [3.8, 4) is 0 Å². The van der Waals surface area contributed by atoms with Gasteiger partial charge < -0.3 is 17.0 Å². The lowest BCUT2D eigenvalue weighted by atomic mass is 10.1. The Morgan fingerprint density at radius 3 is 2.62 bits per heavy atom. The summed E-state index contributed by atoms with van der Waals surface area (Å²) in [6, 6.07) is 13.2. The Hall–Kier alpha value is -1.36. The molecule has 1 aromatic heterocycles. The van der Waals surface area contributed by atoms with Gasteiger partial charge in [0.15, 0.2) is 5.78 Å². The lowest BCUT2D eigenvalue weighted by molar-refractivity contribution is -0.0000125. The number of carbonyl (C=O) groups excluding carboxylic acids is 1. The second-order valence-corrected chi connectivity index (χ2v) is 6.28. The molecular formula is C18H16BrCl2N2O-. The van der Waals surface area contributed by atoms with Gasteiger partial charge in [-0.2, -0.15) is 5.10 Å². The van der Waals surface area contributed by atoms with E-state index in [1.54, 1.807) is 12.1 Å². The van der Waals surface area contributed by atoms with E-state index in [0.717, 1.165) is 22.9 Å². The number of hydrogen-bond acceptors (Lipinski definition) is 2. The minimum Gasteiger partial charge on any atom is -1.00 e. The van der Waals surface area contributed by atoms with Crippen LogP contribution in [-0.2, 0) is 6.54 Å². The van der Waals surface area contributed by atoms with Crippen molar-refractivity contribution in [2.45, 2.75) is 26.3 Å². The molecule has 0 radical (unpaired) electrons. The lowest BCUT2D eigenvalue weighted by Gasteiger charge is -2.06. The molecule has 0 unspecified atom stereocenters. The molecule has 0 amide bonds. The highest BCUT2D eigenvalue weighted by molar-refractivity contribution is 6.35. The van der Waals surface area contributed by atoms with Gasteiger partial charge in [-0.1, -0.05) is 54.4 Å². The largest absolute Gasteiger partial charge is 1.00 e. The molecule has 0 spiro atoms. The summed E-state index contributed by atoms with van der Waals surface area (Å²) in [5.41, 5.74) is 2.38. The highest BCUT2D eigenvalue weighted by Crippen LogP contribution is 2.25. The number of benzene rings is 2. The Morgan fingerprint density at radius 2 is 1.92 bits per heavy atom. The van der Waals surface area contributed by atoms with Gasteiger partial charge >= 0.3 is 0 Å². The van der Waals surface area contributed by atoms with Crippen molar-refractivity contribution in [3.05, 3.63) is 63.8 Å². The molecule has 0 aliphatic heterocycles. The smallest absolute Gasteiger partial charge is 0.183 e. The average Bonchev–Trinajstić information content (AvgIpc) is 2.89. The average molecular weight is 427 g/mol. The van der Waals surface area contributed by atoms with Crippen LogP contribution in [0.5, 0.6) is 0 Å². The molecule has 0 saturated carbocycles. The number of rotatable bonds is 5. The van der Waals surface area contributed by atoms with E-state index < -0.39 is 0 Å². The topological polar surface area (TPSA) is 34.9 Å². The number of aromatic nitrogens is 2. The first kappa shape index (κ1) is 19.0. The maximum atomic E-state index is 12.3. The molecule has 0 N–H and O–H groups in total. The van der Waals surface area contributed by atoms with Crippen LogP contribution in [0.2, 0.25) is 10.0 Å². The predicted octanol–water partition coefficient (Wildman–Crippen LogP) is 2.38. The molecule has 0 aliphatic rings. The van der Waals surface area contributed by atoms with E-state index in [1.165, 1.54) is 0 Å². The first-order valence-electron chi connectivity index (χ1n) is 7.53. The molecule has 3 aromatic rings. The number of hydrogen-bond donors (Lipinski definition) is 0. The molecule has 0 bridgehead atoms. The van der Waals surface area contributed by atoms with Gasteiger partial charge in [0.1, 0.15) is 5.69 Å². The second-order valence-electron chi connectivity index (χ2n) is 5.43. The molecule has 126 valence electrons. The van der Waals surface area contributed by atoms with Gasteiger partial charge in [0, 0.05) is 21.9 Å². The Bertz CT molecular complexity index is 877. The Labute approximate surface area is 161 Å². The van der Waals surface area contributed by atoms with Crippen LogP contribution < -0.4 is 17.0 Å². The van der Waals surface area contributed by atoms with Gasteiger partial charge in [-0.25, -0.2) is 0 Å². The van der Waals surface area contributed by atoms with Crippen molar-refractivity contribution in [1.29, 1.82) is 0 Å². The van der Waals surface area contributed by atoms with Crippen LogP contribution in [0.15, 0.2) is 42.5 Å². The Kier molecular flexibility index (Phi) is 6.44. The van der Waals surface area contributed by atoms with Crippen molar-refractivity contribution in [1.82, 2.24) is 9.78 Å². The summed E-state index contributed by atoms with van der Waals surface area (Å²) >= 11 is 12.2. The lowest BCUT2D eigenvalue weighted by Crippen LogP contribution is -3.00. The highest BCUT2D eigenvalue weighted by atomic mass is 79.9. The number of carbonyl (C=O) groups is 1. The standard InChI is InChI=1S/C18H16Cl2N2O.BrH/c1-2-5-17(23)18-14-6-3-4-7-16(14)22(21-18)11-12-8-9-13(19)10-15(12)20;/h3-4,6-10H,2,5,11H2,1H3;1H/p-1. The number of ketones is 1. The summed E-state index contributed by atoms with van der Waals surface area (Å²) in [5.74, 6) is 0.0738. The van der Waals surface area contributed by atoms with Gasteiger partial charge in [0.25, 0.3) is 0 Å². The zero-order valence-corrected chi connectivity index (χ0v) is 16.2. The minimum atomic E-state index is 0. The molecule has 0 atom stereocenters. The first-order valence-corrected chi connectivity index (χ1v) is 8.28. The number of nitrogens with zero attached hydrogens (tertiary/aromatic N) is 2. The van der Waals surface area contributed by atoms with E-state index in [0.29, 0.717) is 28.7 Å². The SMILES string of the molecule is CCCC(=O)c1nn(Cc2ccc(Cl)cc2Cl)c2ccccc12.[Br-]. The molecule has 1 heterocycles. The molecule has 0 aliphatic carbocycles. The monoisotopic (exact) mass is 425 g/mol. The maximum Gasteiger partial charge on any atom is 0.183 e. The van der Waals surface area contributed by atoms with Crippen LogP contribution in [0, 0.1) is 0 Å². The van der Waals surface area contributed by atoms with E-state index in [-0.39, 0.29) is 22.8 Å². The first-order chi connectivity index (χ1) is 11.1. The minimum absolute atomic E-state index is 0. The van der Waals surface area contributed by atoms with Crippen LogP contribution >= 0.6 is 23.2 Å². The summed E-state index contributed by atoms with van der Waals surface area (Å²) in [6.45, 7) is 2.49. The Morgan fingerprint density at radius 1 is 1.17 bits per heavy atom. The van der Waals surface area contributed by atoms with Crippen LogP contribution in [-0.4, -0.2) is 15.6 Å². The van der Waals surface area contributed by atoms with Gasteiger partial charge in [-0.05, 0) is 30.2 Å². The third-order valence-corrected chi connectivity index (χ3v) is 4.32. The van der Waals surface area contributed by atoms with Crippen LogP contribution in [0.3, 0.4) is 0 Å². The van der Waals surface area contributed by atoms with E-state index in [4.69, 9.17) is 23.2 Å². The summed E-state index contributed by atoms with van der Waals surface area (Å²) < 4.78 is 1.83. The van der Waals surface area contributed by atoms with Gasteiger partial charge in [-0.3, -0.25) is 9.48 Å². The molecule has 2 aromatic carbocycles. The van der Waals surface area contributed by atoms with Crippen LogP contribution in [0.4, 0.5) is 0 Å². The zero-order chi connectivity index (χ0) is 16.4. The number of Topliss-reactive ketones (excluding diaryl/α,β-unsaturated/α-hetero) is 1. The van der Waals surface area contributed by atoms with E-state index >= 15 is 0 Å². The van der Waals surface area contributed by atoms with Crippen LogP contribution in [0.25, 0.3) is 10.9 Å². The zero-order valence-electron chi connectivity index (χ0n) is 13.1. The fourth-order valence-corrected chi connectivity index (χ4v) is 3.08. The fraction of sp³-hybridized carbons (Fsp3) is 0.222. The summed E-state index contributed by atoms with van der Waals surface area (Å²) in [7, 11) is 0. The second kappa shape index (κ2) is 8.15. The molecule has 0 saturated heterocycles. The summed E-state index contributed by atoms with van der Waals surface area (Å²) in [6.07, 6.45) is 1.31. The quantitative estimate of drug-likeness (QED) is 0.587. The van der Waals surface area contributed by atoms with E-state index in [1.807, 2.05) is 41.9 Å². The van der Waals surface area contributed by atoms with Crippen molar-refractivity contribution < 1.29 is 21.8 Å². The highest BCUT2D eigenvalue weighted by Gasteiger charge is 2.16. The predicted molar refractivity (Wildman–Crippen MR) is 94.5 cm³/mol. The van der Waals surface area contributed by atoms with Gasteiger partial charge in [-0.15, -0.1) is 0 Å². The maximum absolute atomic E-state index is 12.3. The van der Waals surface area contributed by atoms with Crippen LogP contribution in [0.1, 0.15) is 35.8 Å². The number of para-hydroxylation sites is 1. The molecular weight excluding hydrogens is 411 g/mol. The molecule has 3 rings (SSSR count). The normalized spacial score (nSPS) is 10.6. The number of halogens is 3. The molecule has 3 nitrogen and oxygen atoms in total. The third kappa shape index (κ3) is 3.82. The van der Waals surface area contributed by atoms with E-state index in [2.05, 4.69) is 5.10 Å². The van der Waals surface area contributed by atoms with Crippen molar-refractivity contribution in [2.75, 3.05) is 0 Å². The van der Waals surface area contributed by atoms with Crippen molar-refractivity contribution in [2.24, 2.45) is 0 Å². The van der Waals surface area contributed by atoms with Crippen molar-refractivity contribution in [3.63, 3.8) is 0 Å². The Balaban J connectivity index is 0.00000208. The molecule has 0 fully saturated rings.